The molecule has 0 saturated carbocycles. The molecule has 0 fully saturated rings. The average molecular weight is 686 g/mol. The van der Waals surface area contributed by atoms with Crippen molar-refractivity contribution >= 4 is 29.6 Å². The number of rotatable bonds is 14. The molecule has 242 valence electrons. The molecule has 0 spiro atoms. The second-order valence-corrected chi connectivity index (χ2v) is 8.24. The molecule has 2 radical (unpaired) electrons. The molecule has 0 aliphatic carbocycles. The zero-order valence-electron chi connectivity index (χ0n) is 25.0. The maximum Gasteiger partial charge on any atom is 2.00 e. The molecule has 42 heavy (non-hydrogen) atoms. The Labute approximate surface area is 271 Å². The van der Waals surface area contributed by atoms with Crippen molar-refractivity contribution in [3.63, 3.8) is 0 Å². The Hall–Kier alpha value is -2.79. The molecule has 0 atom stereocenters. The van der Waals surface area contributed by atoms with Crippen LogP contribution in [0.4, 0.5) is 11.4 Å². The quantitative estimate of drug-likeness (QED) is 0.123. The fourth-order valence-corrected chi connectivity index (χ4v) is 3.20. The first-order valence-electron chi connectivity index (χ1n) is 13.2. The van der Waals surface area contributed by atoms with Crippen molar-refractivity contribution in [3.8, 4) is 11.5 Å². The first-order valence-corrected chi connectivity index (χ1v) is 13.2. The molecule has 0 aromatic heterocycles. The third-order valence-electron chi connectivity index (χ3n) is 5.13. The number of Topliss-reactive ketones (excluding diaryl/α,β-unsaturated/α-hetero) is 1. The maximum atomic E-state index is 11.8. The molecule has 0 saturated heterocycles. The zero-order valence-corrected chi connectivity index (χ0v) is 26.9. The first-order chi connectivity index (χ1) is 19.2. The number of hydrogen-bond donors (Lipinski definition) is 0. The molecule has 11 nitrogen and oxygen atoms in total. The van der Waals surface area contributed by atoms with Crippen LogP contribution in [0.5, 0.6) is 11.5 Å². The van der Waals surface area contributed by atoms with Crippen molar-refractivity contribution in [2.75, 3.05) is 62.4 Å². The van der Waals surface area contributed by atoms with E-state index >= 15 is 0 Å². The van der Waals surface area contributed by atoms with Crippen LogP contribution in [-0.2, 0) is 48.6 Å². The minimum absolute atomic E-state index is 0. The molecule has 0 bridgehead atoms. The molecule has 2 aromatic rings. The van der Waals surface area contributed by atoms with Gasteiger partial charge in [0.2, 0.25) is 0 Å². The van der Waals surface area contributed by atoms with Crippen LogP contribution in [0.15, 0.2) is 46.7 Å². The van der Waals surface area contributed by atoms with E-state index in [1.54, 1.807) is 24.3 Å². The monoisotopic (exact) mass is 684 g/mol. The largest absolute Gasteiger partial charge is 2.00 e. The van der Waals surface area contributed by atoms with E-state index in [0.29, 0.717) is 11.1 Å². The second kappa shape index (κ2) is 27.1. The standard InChI is InChI=1S/2C13H19N2O3.C3H6O.2Cu/c2*1-3-15(4-2)12-6-5-11(13(17)9-12)10-14-18-8-7-16;1-3(2)4;;/h2*5-6,9-10,17H,3-4,7-8H2,1-2H3;1-2H3;;/q2*-1;;2*+2/p-2/b2*14-10+;;;. The number of carbonyl (C=O) groups is 1. The number of hydrogen-bond acceptors (Lipinski definition) is 11. The number of nitrogens with zero attached hydrogens (tertiary/aromatic N) is 4. The van der Waals surface area contributed by atoms with Crippen molar-refractivity contribution < 1.29 is 69.0 Å². The molecular formula is C29H42Cu2N4O7. The fourth-order valence-electron chi connectivity index (χ4n) is 3.20. The van der Waals surface area contributed by atoms with Crippen molar-refractivity contribution in [1.29, 1.82) is 0 Å². The Morgan fingerprint density at radius 1 is 0.714 bits per heavy atom. The number of benzene rings is 2. The van der Waals surface area contributed by atoms with Crippen molar-refractivity contribution in [2.24, 2.45) is 10.3 Å². The molecule has 0 N–H and O–H groups in total. The van der Waals surface area contributed by atoms with E-state index in [2.05, 4.69) is 29.8 Å². The van der Waals surface area contributed by atoms with Crippen LogP contribution in [0.1, 0.15) is 52.7 Å². The van der Waals surface area contributed by atoms with Crippen LogP contribution < -0.4 is 30.2 Å². The predicted octanol–water partition coefficient (Wildman–Crippen LogP) is 1.22. The van der Waals surface area contributed by atoms with E-state index in [4.69, 9.17) is 0 Å². The Bertz CT molecular complexity index is 956. The van der Waals surface area contributed by atoms with Crippen molar-refractivity contribution in [2.45, 2.75) is 41.5 Å². The van der Waals surface area contributed by atoms with Gasteiger partial charge in [0.25, 0.3) is 0 Å². The minimum Gasteiger partial charge on any atom is -0.872 e. The van der Waals surface area contributed by atoms with Crippen LogP contribution >= 0.6 is 0 Å². The maximum absolute atomic E-state index is 11.8. The number of ketones is 1. The molecule has 0 unspecified atom stereocenters. The summed E-state index contributed by atoms with van der Waals surface area (Å²) in [7, 11) is 0. The third-order valence-corrected chi connectivity index (χ3v) is 5.13. The van der Waals surface area contributed by atoms with Crippen molar-refractivity contribution in [3.05, 3.63) is 47.5 Å². The fraction of sp³-hybridized carbons (Fsp3) is 0.483. The summed E-state index contributed by atoms with van der Waals surface area (Å²) in [6, 6.07) is 10.3. The summed E-state index contributed by atoms with van der Waals surface area (Å²) in [6.07, 6.45) is 2.67. The number of carbonyl (C=O) groups excluding carboxylic acids is 1. The summed E-state index contributed by atoms with van der Waals surface area (Å²) in [5.74, 6) is -0.0391. The van der Waals surface area contributed by atoms with Gasteiger partial charge in [-0.2, -0.15) is 0 Å². The van der Waals surface area contributed by atoms with Gasteiger partial charge in [0, 0.05) is 37.6 Å². The molecule has 0 aliphatic heterocycles. The van der Waals surface area contributed by atoms with Crippen LogP contribution in [0.2, 0.25) is 0 Å². The van der Waals surface area contributed by atoms with Gasteiger partial charge in [0.1, 0.15) is 19.0 Å². The predicted molar refractivity (Wildman–Crippen MR) is 152 cm³/mol. The van der Waals surface area contributed by atoms with Gasteiger partial charge >= 0.3 is 34.1 Å². The molecular weight excluding hydrogens is 643 g/mol. The van der Waals surface area contributed by atoms with E-state index in [-0.39, 0.29) is 77.8 Å². The van der Waals surface area contributed by atoms with Gasteiger partial charge < -0.3 is 44.7 Å². The van der Waals surface area contributed by atoms with E-state index < -0.39 is 0 Å². The van der Waals surface area contributed by atoms with E-state index in [1.807, 2.05) is 39.8 Å². The average Bonchev–Trinajstić information content (AvgIpc) is 2.92. The Morgan fingerprint density at radius 3 is 1.26 bits per heavy atom. The summed E-state index contributed by atoms with van der Waals surface area (Å²) in [5.41, 5.74) is 2.72. The summed E-state index contributed by atoms with van der Waals surface area (Å²) < 4.78 is 0. The Balaban J connectivity index is -0.000000616. The van der Waals surface area contributed by atoms with Gasteiger partial charge in [-0.05, 0) is 76.9 Å². The van der Waals surface area contributed by atoms with Gasteiger partial charge in [0.15, 0.2) is 0 Å². The molecule has 2 rings (SSSR count). The SMILES string of the molecule is CC(C)=O.CCN(CC)c1ccc(/C=N/OCC[O-])c([O-])c1.CCN(CC)c1ccc(/C=N/OCC[O-])c([O-])c1.[Cu+2].[Cu+2]. The topological polar surface area (TPSA) is 159 Å². The summed E-state index contributed by atoms with van der Waals surface area (Å²) in [6.45, 7) is 14.0. The summed E-state index contributed by atoms with van der Waals surface area (Å²) in [5, 5.41) is 51.0. The van der Waals surface area contributed by atoms with Gasteiger partial charge in [0.05, 0.1) is 12.4 Å². The van der Waals surface area contributed by atoms with Crippen molar-refractivity contribution in [1.82, 2.24) is 0 Å². The smallest absolute Gasteiger partial charge is 0.872 e. The van der Waals surface area contributed by atoms with Crippen LogP contribution in [0, 0.1) is 0 Å². The van der Waals surface area contributed by atoms with Crippen LogP contribution in [0.3, 0.4) is 0 Å². The van der Waals surface area contributed by atoms with E-state index in [1.165, 1.54) is 26.3 Å². The van der Waals surface area contributed by atoms with Crippen LogP contribution in [-0.4, -0.2) is 70.8 Å². The second-order valence-electron chi connectivity index (χ2n) is 8.24. The molecule has 0 aliphatic rings. The van der Waals surface area contributed by atoms with Gasteiger partial charge in [-0.15, -0.1) is 13.2 Å². The van der Waals surface area contributed by atoms with E-state index in [0.717, 1.165) is 37.6 Å². The normalized spacial score (nSPS) is 9.90. The Kier molecular flexibility index (Phi) is 28.1. The summed E-state index contributed by atoms with van der Waals surface area (Å²) >= 11 is 0. The molecule has 0 amide bonds. The summed E-state index contributed by atoms with van der Waals surface area (Å²) in [4.78, 5) is 23.0. The number of oxime groups is 2. The van der Waals surface area contributed by atoms with E-state index in [9.17, 15) is 25.2 Å². The third kappa shape index (κ3) is 18.6. The molecule has 0 heterocycles. The number of anilines is 2. The molecule has 13 heteroatoms. The van der Waals surface area contributed by atoms with Gasteiger partial charge in [-0.25, -0.2) is 0 Å². The zero-order chi connectivity index (χ0) is 30.3. The van der Waals surface area contributed by atoms with Crippen LogP contribution in [0.25, 0.3) is 0 Å². The Morgan fingerprint density at radius 2 is 1.02 bits per heavy atom. The minimum atomic E-state index is -0.345. The first kappa shape index (κ1) is 43.7. The van der Waals surface area contributed by atoms with Gasteiger partial charge in [-0.1, -0.05) is 33.9 Å². The molecule has 2 aromatic carbocycles. The van der Waals surface area contributed by atoms with Gasteiger partial charge in [-0.3, -0.25) is 0 Å².